The molecule has 1 aliphatic rings. The molecule has 1 saturated heterocycles. The van der Waals surface area contributed by atoms with E-state index in [4.69, 9.17) is 49.6 Å². The maximum Gasteiger partial charge on any atom is 0.325 e. The molecular formula is C27H21Cl2IN2O5S. The zero-order chi connectivity index (χ0) is 27.4. The third-order valence-electron chi connectivity index (χ3n) is 5.60. The van der Waals surface area contributed by atoms with Crippen LogP contribution in [0.4, 0.5) is 5.69 Å². The summed E-state index contributed by atoms with van der Waals surface area (Å²) in [4.78, 5) is 28.4. The van der Waals surface area contributed by atoms with Gasteiger partial charge < -0.3 is 19.1 Å². The summed E-state index contributed by atoms with van der Waals surface area (Å²) in [6.07, 6.45) is 1.57. The third kappa shape index (κ3) is 6.23. The molecule has 7 nitrogen and oxygen atoms in total. The molecule has 0 saturated carbocycles. The van der Waals surface area contributed by atoms with Crippen molar-refractivity contribution >= 4 is 86.8 Å². The van der Waals surface area contributed by atoms with Gasteiger partial charge in [0.15, 0.2) is 10.9 Å². The van der Waals surface area contributed by atoms with Crippen LogP contribution in [0.25, 0.3) is 6.08 Å². The first kappa shape index (κ1) is 28.2. The Morgan fingerprint density at radius 1 is 1.03 bits per heavy atom. The number of rotatable bonds is 8. The molecule has 0 radical (unpaired) electrons. The number of amides is 1. The SMILES string of the molecule is COC(=O)CN1C(=S)N(c2ccc(OC)cc2)C(=O)/C1=C/c1cc(Cl)c(OCc2ccc(I)cc2)c(Cl)c1. The van der Waals surface area contributed by atoms with E-state index in [0.29, 0.717) is 22.7 Å². The lowest BCUT2D eigenvalue weighted by Gasteiger charge is -2.19. The molecule has 0 N–H and O–H groups in total. The van der Waals surface area contributed by atoms with E-state index in [1.807, 2.05) is 24.3 Å². The van der Waals surface area contributed by atoms with Gasteiger partial charge in [0.1, 0.15) is 24.6 Å². The lowest BCUT2D eigenvalue weighted by Crippen LogP contribution is -2.35. The number of hydrogen-bond donors (Lipinski definition) is 0. The average Bonchev–Trinajstić information content (AvgIpc) is 3.13. The highest BCUT2D eigenvalue weighted by Gasteiger charge is 2.40. The number of hydrogen-bond acceptors (Lipinski definition) is 6. The Labute approximate surface area is 249 Å². The summed E-state index contributed by atoms with van der Waals surface area (Å²) in [6.45, 7) is 0.0332. The van der Waals surface area contributed by atoms with Crippen molar-refractivity contribution in [1.29, 1.82) is 0 Å². The summed E-state index contributed by atoms with van der Waals surface area (Å²) in [6, 6.07) is 18.0. The van der Waals surface area contributed by atoms with Crippen molar-refractivity contribution in [3.63, 3.8) is 0 Å². The number of esters is 1. The maximum absolute atomic E-state index is 13.5. The van der Waals surface area contributed by atoms with Gasteiger partial charge in [0.05, 0.1) is 30.0 Å². The number of halogens is 3. The molecule has 11 heteroatoms. The minimum Gasteiger partial charge on any atom is -0.497 e. The minimum atomic E-state index is -0.557. The van der Waals surface area contributed by atoms with Gasteiger partial charge in [-0.15, -0.1) is 0 Å². The van der Waals surface area contributed by atoms with Crippen molar-refractivity contribution in [1.82, 2.24) is 4.90 Å². The predicted octanol–water partition coefficient (Wildman–Crippen LogP) is 6.33. The molecule has 38 heavy (non-hydrogen) atoms. The molecule has 3 aromatic carbocycles. The molecule has 0 bridgehead atoms. The molecule has 1 amide bonds. The van der Waals surface area contributed by atoms with Crippen molar-refractivity contribution in [2.45, 2.75) is 6.61 Å². The number of ether oxygens (including phenoxy) is 3. The normalized spacial score (nSPS) is 14.3. The number of methoxy groups -OCH3 is 2. The summed E-state index contributed by atoms with van der Waals surface area (Å²) in [5, 5.41) is 0.676. The van der Waals surface area contributed by atoms with Crippen molar-refractivity contribution in [3.05, 3.63) is 91.1 Å². The topological polar surface area (TPSA) is 68.3 Å². The van der Waals surface area contributed by atoms with Gasteiger partial charge in [0.2, 0.25) is 0 Å². The second-order valence-corrected chi connectivity index (χ2v) is 10.5. The van der Waals surface area contributed by atoms with Crippen molar-refractivity contribution in [2.24, 2.45) is 0 Å². The smallest absolute Gasteiger partial charge is 0.325 e. The summed E-state index contributed by atoms with van der Waals surface area (Å²) in [5.74, 6) is -0.0240. The summed E-state index contributed by atoms with van der Waals surface area (Å²) < 4.78 is 17.0. The van der Waals surface area contributed by atoms with Crippen LogP contribution in [0, 0.1) is 3.57 Å². The number of nitrogens with zero attached hydrogens (tertiary/aromatic N) is 2. The first-order valence-corrected chi connectivity index (χ1v) is 13.4. The Bertz CT molecular complexity index is 1390. The van der Waals surface area contributed by atoms with E-state index < -0.39 is 11.9 Å². The molecule has 1 aliphatic heterocycles. The summed E-state index contributed by atoms with van der Waals surface area (Å²) in [5.41, 5.74) is 2.18. The van der Waals surface area contributed by atoms with Crippen LogP contribution in [0.3, 0.4) is 0 Å². The van der Waals surface area contributed by atoms with Gasteiger partial charge >= 0.3 is 5.97 Å². The quantitative estimate of drug-likeness (QED) is 0.119. The van der Waals surface area contributed by atoms with Gasteiger partial charge in [0, 0.05) is 3.57 Å². The number of benzene rings is 3. The second-order valence-electron chi connectivity index (χ2n) is 8.04. The monoisotopic (exact) mass is 682 g/mol. The standard InChI is InChI=1S/C27H21Cl2IN2O5S/c1-35-20-9-7-19(8-10-20)32-26(34)23(31(27(32)38)14-24(33)36-2)13-17-11-21(28)25(22(29)12-17)37-15-16-3-5-18(30)6-4-16/h3-13H,14-15H2,1-2H3/b23-13-. The van der Waals surface area contributed by atoms with Crippen molar-refractivity contribution in [3.8, 4) is 11.5 Å². The summed E-state index contributed by atoms with van der Waals surface area (Å²) in [7, 11) is 2.82. The van der Waals surface area contributed by atoms with Crippen LogP contribution in [0.1, 0.15) is 11.1 Å². The minimum absolute atomic E-state index is 0.131. The van der Waals surface area contributed by atoms with Gasteiger partial charge in [-0.25, -0.2) is 0 Å². The second kappa shape index (κ2) is 12.3. The Morgan fingerprint density at radius 3 is 2.24 bits per heavy atom. The molecule has 0 aliphatic carbocycles. The number of carbonyl (C=O) groups is 2. The zero-order valence-electron chi connectivity index (χ0n) is 20.2. The van der Waals surface area contributed by atoms with Crippen LogP contribution in [0.2, 0.25) is 10.0 Å². The first-order valence-electron chi connectivity index (χ1n) is 11.2. The number of carbonyl (C=O) groups excluding carboxylic acids is 2. The van der Waals surface area contributed by atoms with Crippen LogP contribution in [-0.2, 0) is 20.9 Å². The van der Waals surface area contributed by atoms with Gasteiger partial charge in [0.25, 0.3) is 5.91 Å². The van der Waals surface area contributed by atoms with E-state index in [-0.39, 0.29) is 34.0 Å². The number of anilines is 1. The van der Waals surface area contributed by atoms with Crippen molar-refractivity contribution < 1.29 is 23.8 Å². The van der Waals surface area contributed by atoms with Gasteiger partial charge in [-0.05, 0) is 101 Å². The molecule has 0 atom stereocenters. The molecule has 1 heterocycles. The maximum atomic E-state index is 13.5. The van der Waals surface area contributed by atoms with Crippen LogP contribution in [0.15, 0.2) is 66.4 Å². The first-order chi connectivity index (χ1) is 18.2. The fourth-order valence-corrected chi connectivity index (χ4v) is 5.00. The fourth-order valence-electron chi connectivity index (χ4n) is 3.68. The highest BCUT2D eigenvalue weighted by molar-refractivity contribution is 14.1. The van der Waals surface area contributed by atoms with E-state index in [1.165, 1.54) is 16.9 Å². The highest BCUT2D eigenvalue weighted by Crippen LogP contribution is 2.37. The summed E-state index contributed by atoms with van der Waals surface area (Å²) >= 11 is 20.8. The van der Waals surface area contributed by atoms with E-state index in [9.17, 15) is 9.59 Å². The molecule has 0 spiro atoms. The van der Waals surface area contributed by atoms with Gasteiger partial charge in [-0.2, -0.15) is 0 Å². The highest BCUT2D eigenvalue weighted by atomic mass is 127. The average molecular weight is 683 g/mol. The van der Waals surface area contributed by atoms with E-state index in [0.717, 1.165) is 9.13 Å². The largest absolute Gasteiger partial charge is 0.497 e. The Balaban J connectivity index is 1.65. The van der Waals surface area contributed by atoms with Crippen LogP contribution in [-0.4, -0.2) is 42.7 Å². The molecule has 0 aromatic heterocycles. The third-order valence-corrected chi connectivity index (χ3v) is 7.28. The van der Waals surface area contributed by atoms with Crippen LogP contribution in [0.5, 0.6) is 11.5 Å². The van der Waals surface area contributed by atoms with E-state index >= 15 is 0 Å². The van der Waals surface area contributed by atoms with Crippen LogP contribution < -0.4 is 14.4 Å². The molecule has 3 aromatic rings. The molecule has 196 valence electrons. The van der Waals surface area contributed by atoms with Crippen LogP contribution >= 0.6 is 58.0 Å². The van der Waals surface area contributed by atoms with Crippen molar-refractivity contribution in [2.75, 3.05) is 25.7 Å². The zero-order valence-corrected chi connectivity index (χ0v) is 24.7. The Kier molecular flexibility index (Phi) is 9.14. The molecule has 4 rings (SSSR count). The Morgan fingerprint density at radius 2 is 1.66 bits per heavy atom. The lowest BCUT2D eigenvalue weighted by atomic mass is 10.1. The van der Waals surface area contributed by atoms with Gasteiger partial charge in [-0.1, -0.05) is 35.3 Å². The molecular weight excluding hydrogens is 662 g/mol. The van der Waals surface area contributed by atoms with E-state index in [2.05, 4.69) is 22.6 Å². The van der Waals surface area contributed by atoms with E-state index in [1.54, 1.807) is 49.6 Å². The predicted molar refractivity (Wildman–Crippen MR) is 160 cm³/mol. The lowest BCUT2D eigenvalue weighted by molar-refractivity contribution is -0.140. The molecule has 0 unspecified atom stereocenters. The number of thiocarbonyl (C=S) groups is 1. The Hall–Kier alpha value is -2.86. The molecule has 1 fully saturated rings. The van der Waals surface area contributed by atoms with Gasteiger partial charge in [-0.3, -0.25) is 14.5 Å². The fraction of sp³-hybridized carbons (Fsp3) is 0.148.